The molecule has 1 amide bonds. The molecule has 1 unspecified atom stereocenters. The van der Waals surface area contributed by atoms with E-state index < -0.39 is 6.04 Å². The fourth-order valence-electron chi connectivity index (χ4n) is 4.62. The molecule has 1 aliphatic carbocycles. The summed E-state index contributed by atoms with van der Waals surface area (Å²) in [7, 11) is 0. The van der Waals surface area contributed by atoms with Gasteiger partial charge in [0.05, 0.1) is 17.3 Å². The predicted molar refractivity (Wildman–Crippen MR) is 121 cm³/mol. The molecule has 1 aromatic heterocycles. The highest BCUT2D eigenvalue weighted by Crippen LogP contribution is 2.44. The number of benzene rings is 1. The van der Waals surface area contributed by atoms with Crippen LogP contribution >= 0.6 is 0 Å². The van der Waals surface area contributed by atoms with Crippen LogP contribution in [-0.4, -0.2) is 45.8 Å². The summed E-state index contributed by atoms with van der Waals surface area (Å²) >= 11 is 0. The monoisotopic (exact) mass is 409 g/mol. The number of amides is 1. The van der Waals surface area contributed by atoms with Gasteiger partial charge < -0.3 is 16.0 Å². The number of carbonyl (C=O) groups is 1. The lowest BCUT2D eigenvalue weighted by molar-refractivity contribution is -0.117. The van der Waals surface area contributed by atoms with E-state index in [2.05, 4.69) is 67.4 Å². The molecule has 2 aromatic rings. The first-order chi connectivity index (χ1) is 14.2. The van der Waals surface area contributed by atoms with Gasteiger partial charge >= 0.3 is 0 Å². The number of aromatic nitrogens is 2. The Hall–Kier alpha value is -2.18. The van der Waals surface area contributed by atoms with Gasteiger partial charge in [0.1, 0.15) is 5.82 Å². The maximum Gasteiger partial charge on any atom is 0.242 e. The summed E-state index contributed by atoms with van der Waals surface area (Å²) in [5, 5.41) is 8.10. The van der Waals surface area contributed by atoms with Gasteiger partial charge in [-0.3, -0.25) is 4.79 Å². The first-order valence-electron chi connectivity index (χ1n) is 11.2. The number of nitrogens with one attached hydrogen (secondary N) is 1. The van der Waals surface area contributed by atoms with Crippen LogP contribution in [0.15, 0.2) is 36.4 Å². The third-order valence-electron chi connectivity index (χ3n) is 6.54. The van der Waals surface area contributed by atoms with Crippen molar-refractivity contribution in [2.45, 2.75) is 76.4 Å². The molecule has 6 nitrogen and oxygen atoms in total. The fraction of sp³-hybridized carbons (Fsp3) is 0.583. The van der Waals surface area contributed by atoms with Crippen molar-refractivity contribution in [3.63, 3.8) is 0 Å². The molecule has 6 heteroatoms. The van der Waals surface area contributed by atoms with Crippen LogP contribution in [0.4, 0.5) is 5.82 Å². The number of anilines is 1. The summed E-state index contributed by atoms with van der Waals surface area (Å²) in [6.07, 6.45) is 4.75. The third-order valence-corrected chi connectivity index (χ3v) is 6.54. The van der Waals surface area contributed by atoms with Crippen molar-refractivity contribution >= 4 is 11.7 Å². The molecule has 1 aromatic carbocycles. The van der Waals surface area contributed by atoms with E-state index in [1.807, 2.05) is 4.68 Å². The van der Waals surface area contributed by atoms with E-state index in [0.717, 1.165) is 43.5 Å². The molecule has 162 valence electrons. The Balaban J connectivity index is 1.75. The predicted octanol–water partition coefficient (Wildman–Crippen LogP) is 3.47. The summed E-state index contributed by atoms with van der Waals surface area (Å²) in [6, 6.07) is 13.0. The normalized spacial score (nSPS) is 20.7. The largest absolute Gasteiger partial charge is 0.320 e. The molecular formula is C24H35N5O. The van der Waals surface area contributed by atoms with Crippen LogP contribution in [0.1, 0.15) is 64.6 Å². The molecule has 2 fully saturated rings. The average Bonchev–Trinajstić information content (AvgIpc) is 3.47. The third kappa shape index (κ3) is 4.03. The molecule has 1 atom stereocenters. The van der Waals surface area contributed by atoms with Crippen molar-refractivity contribution in [1.82, 2.24) is 14.7 Å². The molecule has 2 heterocycles. The number of nitrogens with two attached hydrogens (primary N) is 1. The number of nitrogens with zero attached hydrogens (tertiary/aromatic N) is 3. The standard InChI is InChI=1S/C24H35N5O/c1-17(25)22(30)26-21-16-20(27-29(21)23(2,3)4)24(18-8-6-5-7-9-18)12-14-28(15-13-24)19-10-11-19/h5-9,16-17,19H,10-15,25H2,1-4H3,(H,26,30). The minimum absolute atomic E-state index is 0.142. The smallest absolute Gasteiger partial charge is 0.242 e. The van der Waals surface area contributed by atoms with Crippen molar-refractivity contribution in [3.8, 4) is 0 Å². The first kappa shape index (κ1) is 21.1. The molecule has 1 aliphatic heterocycles. The number of piperidine rings is 1. The highest BCUT2D eigenvalue weighted by molar-refractivity contribution is 5.93. The van der Waals surface area contributed by atoms with Gasteiger partial charge in [-0.1, -0.05) is 30.3 Å². The van der Waals surface area contributed by atoms with Crippen LogP contribution in [0, 0.1) is 0 Å². The molecule has 3 N–H and O–H groups in total. The van der Waals surface area contributed by atoms with Gasteiger partial charge in [0.25, 0.3) is 0 Å². The number of hydrogen-bond donors (Lipinski definition) is 2. The second kappa shape index (κ2) is 7.82. The zero-order valence-corrected chi connectivity index (χ0v) is 18.7. The van der Waals surface area contributed by atoms with Crippen LogP contribution in [-0.2, 0) is 15.7 Å². The highest BCUT2D eigenvalue weighted by Gasteiger charge is 2.43. The Morgan fingerprint density at radius 2 is 1.83 bits per heavy atom. The van der Waals surface area contributed by atoms with E-state index in [0.29, 0.717) is 0 Å². The van der Waals surface area contributed by atoms with Gasteiger partial charge in [-0.05, 0) is 72.0 Å². The van der Waals surface area contributed by atoms with E-state index in [4.69, 9.17) is 10.8 Å². The van der Waals surface area contributed by atoms with Crippen LogP contribution < -0.4 is 11.1 Å². The average molecular weight is 410 g/mol. The maximum absolute atomic E-state index is 12.4. The second-order valence-electron chi connectivity index (χ2n) is 9.99. The van der Waals surface area contributed by atoms with Crippen molar-refractivity contribution in [2.24, 2.45) is 5.73 Å². The van der Waals surface area contributed by atoms with E-state index in [-0.39, 0.29) is 16.9 Å². The summed E-state index contributed by atoms with van der Waals surface area (Å²) in [5.74, 6) is 0.531. The van der Waals surface area contributed by atoms with Gasteiger partial charge in [0.15, 0.2) is 0 Å². The van der Waals surface area contributed by atoms with Gasteiger partial charge in [0, 0.05) is 17.5 Å². The van der Waals surface area contributed by atoms with Gasteiger partial charge in [0.2, 0.25) is 5.91 Å². The Kier molecular flexibility index (Phi) is 5.49. The summed E-state index contributed by atoms with van der Waals surface area (Å²) in [5.41, 5.74) is 7.76. The molecule has 0 bridgehead atoms. The van der Waals surface area contributed by atoms with Gasteiger partial charge in [-0.25, -0.2) is 4.68 Å². The number of rotatable bonds is 5. The molecule has 1 saturated heterocycles. The maximum atomic E-state index is 12.4. The fourth-order valence-corrected chi connectivity index (χ4v) is 4.62. The quantitative estimate of drug-likeness (QED) is 0.793. The summed E-state index contributed by atoms with van der Waals surface area (Å²) in [4.78, 5) is 15.0. The minimum Gasteiger partial charge on any atom is -0.320 e. The zero-order valence-electron chi connectivity index (χ0n) is 18.7. The number of carbonyl (C=O) groups excluding carboxylic acids is 1. The first-order valence-corrected chi connectivity index (χ1v) is 11.2. The van der Waals surface area contributed by atoms with Crippen molar-refractivity contribution < 1.29 is 4.79 Å². The van der Waals surface area contributed by atoms with Crippen LogP contribution in [0.2, 0.25) is 0 Å². The SMILES string of the molecule is CC(N)C(=O)Nc1cc(C2(c3ccccc3)CCN(C3CC3)CC2)nn1C(C)(C)C. The Bertz CT molecular complexity index is 884. The molecule has 2 aliphatic rings. The molecular weight excluding hydrogens is 374 g/mol. The Morgan fingerprint density at radius 3 is 2.37 bits per heavy atom. The van der Waals surface area contributed by atoms with Gasteiger partial charge in [-0.2, -0.15) is 5.10 Å². The van der Waals surface area contributed by atoms with Crippen molar-refractivity contribution in [2.75, 3.05) is 18.4 Å². The molecule has 4 rings (SSSR count). The van der Waals surface area contributed by atoms with Crippen LogP contribution in [0.25, 0.3) is 0 Å². The number of hydrogen-bond acceptors (Lipinski definition) is 4. The molecule has 0 radical (unpaired) electrons. The van der Waals surface area contributed by atoms with Crippen LogP contribution in [0.5, 0.6) is 0 Å². The highest BCUT2D eigenvalue weighted by atomic mass is 16.2. The number of likely N-dealkylation sites (tertiary alicyclic amines) is 1. The van der Waals surface area contributed by atoms with E-state index in [1.54, 1.807) is 6.92 Å². The molecule has 1 saturated carbocycles. The Labute approximate surface area is 179 Å². The van der Waals surface area contributed by atoms with Crippen molar-refractivity contribution in [3.05, 3.63) is 47.7 Å². The zero-order chi connectivity index (χ0) is 21.5. The van der Waals surface area contributed by atoms with E-state index in [1.165, 1.54) is 18.4 Å². The molecule has 0 spiro atoms. The van der Waals surface area contributed by atoms with Crippen LogP contribution in [0.3, 0.4) is 0 Å². The summed E-state index contributed by atoms with van der Waals surface area (Å²) in [6.45, 7) is 10.2. The Morgan fingerprint density at radius 1 is 1.20 bits per heavy atom. The van der Waals surface area contributed by atoms with Crippen molar-refractivity contribution in [1.29, 1.82) is 0 Å². The van der Waals surface area contributed by atoms with Gasteiger partial charge in [-0.15, -0.1) is 0 Å². The summed E-state index contributed by atoms with van der Waals surface area (Å²) < 4.78 is 1.95. The molecule has 30 heavy (non-hydrogen) atoms. The lowest BCUT2D eigenvalue weighted by atomic mass is 9.70. The lowest BCUT2D eigenvalue weighted by Gasteiger charge is -2.41. The van der Waals surface area contributed by atoms with E-state index >= 15 is 0 Å². The minimum atomic E-state index is -0.568. The lowest BCUT2D eigenvalue weighted by Crippen LogP contribution is -2.44. The topological polar surface area (TPSA) is 76.2 Å². The van der Waals surface area contributed by atoms with E-state index in [9.17, 15) is 4.79 Å². The second-order valence-corrected chi connectivity index (χ2v) is 9.99.